The Morgan fingerprint density at radius 1 is 1.38 bits per heavy atom. The molecule has 2 unspecified atom stereocenters. The molecule has 1 aromatic carbocycles. The van der Waals surface area contributed by atoms with Crippen LogP contribution in [0.5, 0.6) is 0 Å². The van der Waals surface area contributed by atoms with E-state index >= 15 is 0 Å². The molecule has 1 aliphatic rings. The molecule has 2 rings (SSSR count). The summed E-state index contributed by atoms with van der Waals surface area (Å²) in [6.45, 7) is 4.68. The number of nitrogens with two attached hydrogens (primary N) is 1. The fourth-order valence-corrected chi connectivity index (χ4v) is 3.83. The molecule has 1 aliphatic heterocycles. The summed E-state index contributed by atoms with van der Waals surface area (Å²) in [6.07, 6.45) is 1.12. The van der Waals surface area contributed by atoms with E-state index in [1.54, 1.807) is 26.2 Å². The van der Waals surface area contributed by atoms with Gasteiger partial charge in [0.1, 0.15) is 0 Å². The summed E-state index contributed by atoms with van der Waals surface area (Å²) < 4.78 is 25.6. The first-order valence-electron chi connectivity index (χ1n) is 7.30. The van der Waals surface area contributed by atoms with Gasteiger partial charge in [0.25, 0.3) is 0 Å². The molecule has 1 aromatic rings. The first kappa shape index (κ1) is 16.4. The molecule has 0 amide bonds. The first-order valence-corrected chi connectivity index (χ1v) is 8.74. The highest BCUT2D eigenvalue weighted by Crippen LogP contribution is 2.25. The van der Waals surface area contributed by atoms with Crippen LogP contribution in [0.1, 0.15) is 18.9 Å². The average Bonchev–Trinajstić information content (AvgIpc) is 2.79. The molecule has 2 atom stereocenters. The van der Waals surface area contributed by atoms with E-state index < -0.39 is 10.0 Å². The maximum absolute atomic E-state index is 12.2. The summed E-state index contributed by atoms with van der Waals surface area (Å²) in [5.74, 6) is 0.550. The molecular formula is C15H25N3O2S. The van der Waals surface area contributed by atoms with Gasteiger partial charge in [-0.1, -0.05) is 12.1 Å². The van der Waals surface area contributed by atoms with Gasteiger partial charge in [0.2, 0.25) is 10.0 Å². The Balaban J connectivity index is 2.16. The van der Waals surface area contributed by atoms with Gasteiger partial charge < -0.3 is 5.73 Å². The lowest BCUT2D eigenvalue weighted by molar-refractivity contribution is 0.255. The van der Waals surface area contributed by atoms with Crippen LogP contribution in [0, 0.1) is 5.92 Å². The summed E-state index contributed by atoms with van der Waals surface area (Å²) in [7, 11) is -0.263. The number of hydrogen-bond donors (Lipinski definition) is 1. The number of rotatable bonds is 5. The van der Waals surface area contributed by atoms with Crippen LogP contribution >= 0.6 is 0 Å². The van der Waals surface area contributed by atoms with E-state index in [-0.39, 0.29) is 0 Å². The third-order valence-electron chi connectivity index (χ3n) is 4.19. The molecule has 21 heavy (non-hydrogen) atoms. The monoisotopic (exact) mass is 311 g/mol. The Morgan fingerprint density at radius 3 is 2.67 bits per heavy atom. The Labute approximate surface area is 127 Å². The standard InChI is InChI=1S/C15H25N3O2S/c1-12-7-14(9-16)11-18(12)10-13-5-4-6-15(8-13)21(19,20)17(2)3/h4-6,8,12,14H,7,9-11,16H2,1-3H3. The minimum atomic E-state index is -3.37. The van der Waals surface area contributed by atoms with E-state index in [9.17, 15) is 8.42 Å². The maximum atomic E-state index is 12.2. The molecule has 1 saturated heterocycles. The first-order chi connectivity index (χ1) is 9.84. The Kier molecular flexibility index (Phi) is 5.03. The molecular weight excluding hydrogens is 286 g/mol. The van der Waals surface area contributed by atoms with Gasteiger partial charge >= 0.3 is 0 Å². The summed E-state index contributed by atoms with van der Waals surface area (Å²) in [5.41, 5.74) is 6.78. The number of likely N-dealkylation sites (tertiary alicyclic amines) is 1. The SMILES string of the molecule is CC1CC(CN)CN1Cc1cccc(S(=O)(=O)N(C)C)c1. The zero-order chi connectivity index (χ0) is 15.6. The molecule has 0 bridgehead atoms. The minimum Gasteiger partial charge on any atom is -0.330 e. The summed E-state index contributed by atoms with van der Waals surface area (Å²) in [6, 6.07) is 7.71. The van der Waals surface area contributed by atoms with Crippen LogP contribution < -0.4 is 5.73 Å². The summed E-state index contributed by atoms with van der Waals surface area (Å²) in [5, 5.41) is 0. The average molecular weight is 311 g/mol. The van der Waals surface area contributed by atoms with Gasteiger partial charge in [-0.05, 0) is 43.5 Å². The highest BCUT2D eigenvalue weighted by molar-refractivity contribution is 7.89. The second-order valence-electron chi connectivity index (χ2n) is 6.05. The molecule has 0 aromatic heterocycles. The largest absolute Gasteiger partial charge is 0.330 e. The molecule has 0 spiro atoms. The third-order valence-corrected chi connectivity index (χ3v) is 6.00. The van der Waals surface area contributed by atoms with E-state index in [1.165, 1.54) is 4.31 Å². The van der Waals surface area contributed by atoms with E-state index in [0.29, 0.717) is 16.9 Å². The van der Waals surface area contributed by atoms with E-state index in [0.717, 1.165) is 31.6 Å². The number of nitrogens with zero attached hydrogens (tertiary/aromatic N) is 2. The Hall–Kier alpha value is -0.950. The van der Waals surface area contributed by atoms with Crippen molar-refractivity contribution in [1.82, 2.24) is 9.21 Å². The van der Waals surface area contributed by atoms with Gasteiger partial charge in [-0.25, -0.2) is 12.7 Å². The third kappa shape index (κ3) is 3.63. The predicted molar refractivity (Wildman–Crippen MR) is 84.3 cm³/mol. The fourth-order valence-electron chi connectivity index (χ4n) is 2.86. The van der Waals surface area contributed by atoms with Gasteiger partial charge in [0.15, 0.2) is 0 Å². The van der Waals surface area contributed by atoms with Crippen molar-refractivity contribution in [2.75, 3.05) is 27.2 Å². The quantitative estimate of drug-likeness (QED) is 0.884. The molecule has 0 saturated carbocycles. The molecule has 118 valence electrons. The smallest absolute Gasteiger partial charge is 0.242 e. The maximum Gasteiger partial charge on any atom is 0.242 e. The topological polar surface area (TPSA) is 66.6 Å². The minimum absolute atomic E-state index is 0.354. The number of sulfonamides is 1. The molecule has 6 heteroatoms. The van der Waals surface area contributed by atoms with Crippen LogP contribution in [-0.4, -0.2) is 50.8 Å². The van der Waals surface area contributed by atoms with Gasteiger partial charge in [-0.3, -0.25) is 4.90 Å². The highest BCUT2D eigenvalue weighted by Gasteiger charge is 2.28. The summed E-state index contributed by atoms with van der Waals surface area (Å²) >= 11 is 0. The lowest BCUT2D eigenvalue weighted by atomic mass is 10.1. The van der Waals surface area contributed by atoms with E-state index in [4.69, 9.17) is 5.73 Å². The number of benzene rings is 1. The zero-order valence-electron chi connectivity index (χ0n) is 13.0. The van der Waals surface area contributed by atoms with Gasteiger partial charge in [0, 0.05) is 33.2 Å². The zero-order valence-corrected chi connectivity index (χ0v) is 13.8. The Bertz CT molecular complexity index is 586. The Morgan fingerprint density at radius 2 is 2.10 bits per heavy atom. The van der Waals surface area contributed by atoms with Crippen molar-refractivity contribution in [2.45, 2.75) is 30.8 Å². The molecule has 1 fully saturated rings. The van der Waals surface area contributed by atoms with E-state index in [2.05, 4.69) is 11.8 Å². The van der Waals surface area contributed by atoms with Crippen LogP contribution in [0.15, 0.2) is 29.2 Å². The predicted octanol–water partition coefficient (Wildman–Crippen LogP) is 1.11. The van der Waals surface area contributed by atoms with Gasteiger partial charge in [-0.15, -0.1) is 0 Å². The van der Waals surface area contributed by atoms with Crippen LogP contribution in [-0.2, 0) is 16.6 Å². The van der Waals surface area contributed by atoms with Crippen molar-refractivity contribution in [3.8, 4) is 0 Å². The van der Waals surface area contributed by atoms with Crippen LogP contribution in [0.3, 0.4) is 0 Å². The van der Waals surface area contributed by atoms with Crippen molar-refractivity contribution in [3.05, 3.63) is 29.8 Å². The normalized spacial score (nSPS) is 23.9. The van der Waals surface area contributed by atoms with Gasteiger partial charge in [-0.2, -0.15) is 0 Å². The van der Waals surface area contributed by atoms with E-state index in [1.807, 2.05) is 12.1 Å². The van der Waals surface area contributed by atoms with Crippen LogP contribution in [0.2, 0.25) is 0 Å². The van der Waals surface area contributed by atoms with Crippen LogP contribution in [0.25, 0.3) is 0 Å². The molecule has 0 aliphatic carbocycles. The summed E-state index contributed by atoms with van der Waals surface area (Å²) in [4.78, 5) is 2.73. The lowest BCUT2D eigenvalue weighted by Crippen LogP contribution is -2.27. The molecule has 1 heterocycles. The van der Waals surface area contributed by atoms with Crippen molar-refractivity contribution >= 4 is 10.0 Å². The second-order valence-corrected chi connectivity index (χ2v) is 8.20. The number of hydrogen-bond acceptors (Lipinski definition) is 4. The fraction of sp³-hybridized carbons (Fsp3) is 0.600. The highest BCUT2D eigenvalue weighted by atomic mass is 32.2. The lowest BCUT2D eigenvalue weighted by Gasteiger charge is -2.21. The van der Waals surface area contributed by atoms with Crippen molar-refractivity contribution in [2.24, 2.45) is 11.7 Å². The molecule has 0 radical (unpaired) electrons. The van der Waals surface area contributed by atoms with Crippen LogP contribution in [0.4, 0.5) is 0 Å². The van der Waals surface area contributed by atoms with Crippen molar-refractivity contribution in [1.29, 1.82) is 0 Å². The van der Waals surface area contributed by atoms with Gasteiger partial charge in [0.05, 0.1) is 4.90 Å². The molecule has 2 N–H and O–H groups in total. The van der Waals surface area contributed by atoms with Crippen molar-refractivity contribution < 1.29 is 8.42 Å². The molecule has 5 nitrogen and oxygen atoms in total. The second kappa shape index (κ2) is 6.44. The van der Waals surface area contributed by atoms with Crippen molar-refractivity contribution in [3.63, 3.8) is 0 Å².